The number of anilines is 1. The van der Waals surface area contributed by atoms with Crippen LogP contribution in [0.15, 0.2) is 28.9 Å². The minimum Gasteiger partial charge on any atom is -0.419 e. The second-order valence-electron chi connectivity index (χ2n) is 2.59. The predicted octanol–water partition coefficient (Wildman–Crippen LogP) is 1.19. The monoisotopic (exact) mass is 186 g/mol. The first kappa shape index (κ1) is 8.26. The summed E-state index contributed by atoms with van der Waals surface area (Å²) in [6.45, 7) is 0. The Bertz CT molecular complexity index is 483. The Hall–Kier alpha value is -2.35. The van der Waals surface area contributed by atoms with E-state index in [1.807, 2.05) is 6.07 Å². The second kappa shape index (κ2) is 3.18. The van der Waals surface area contributed by atoms with Gasteiger partial charge in [-0.3, -0.25) is 4.98 Å². The van der Waals surface area contributed by atoms with E-state index >= 15 is 0 Å². The number of rotatable bonds is 1. The zero-order chi connectivity index (χ0) is 9.97. The molecule has 5 heteroatoms. The smallest absolute Gasteiger partial charge is 0.231 e. The summed E-state index contributed by atoms with van der Waals surface area (Å²) in [5, 5.41) is 8.61. The maximum atomic E-state index is 8.61. The molecule has 2 N–H and O–H groups in total. The van der Waals surface area contributed by atoms with Gasteiger partial charge in [0.15, 0.2) is 0 Å². The van der Waals surface area contributed by atoms with Crippen molar-refractivity contribution in [1.82, 2.24) is 9.97 Å². The largest absolute Gasteiger partial charge is 0.419 e. The standard InChI is InChI=1S/C9H6N4O/c10-4-7-8(11)14-9(13-7)6-2-1-3-12-5-6/h1-3,5H,11H2. The van der Waals surface area contributed by atoms with Crippen LogP contribution in [0.3, 0.4) is 0 Å². The molecule has 2 rings (SSSR count). The maximum Gasteiger partial charge on any atom is 0.231 e. The van der Waals surface area contributed by atoms with Crippen LogP contribution in [0.2, 0.25) is 0 Å². The lowest BCUT2D eigenvalue weighted by atomic mass is 10.3. The zero-order valence-corrected chi connectivity index (χ0v) is 7.14. The molecule has 2 heterocycles. The average Bonchev–Trinajstić information content (AvgIpc) is 2.61. The molecular weight excluding hydrogens is 180 g/mol. The van der Waals surface area contributed by atoms with Crippen molar-refractivity contribution in [3.8, 4) is 17.5 Å². The van der Waals surface area contributed by atoms with Crippen LogP contribution in [-0.4, -0.2) is 9.97 Å². The Morgan fingerprint density at radius 1 is 1.50 bits per heavy atom. The zero-order valence-electron chi connectivity index (χ0n) is 7.14. The van der Waals surface area contributed by atoms with Crippen LogP contribution in [0.5, 0.6) is 0 Å². The lowest BCUT2D eigenvalue weighted by molar-refractivity contribution is 0.593. The van der Waals surface area contributed by atoms with E-state index in [-0.39, 0.29) is 11.6 Å². The molecule has 2 aromatic heterocycles. The fourth-order valence-corrected chi connectivity index (χ4v) is 1.02. The van der Waals surface area contributed by atoms with Gasteiger partial charge in [-0.1, -0.05) is 0 Å². The highest BCUT2D eigenvalue weighted by molar-refractivity contribution is 5.56. The van der Waals surface area contributed by atoms with E-state index in [0.717, 1.165) is 0 Å². The quantitative estimate of drug-likeness (QED) is 0.722. The Kier molecular flexibility index (Phi) is 1.88. The van der Waals surface area contributed by atoms with Crippen LogP contribution < -0.4 is 5.73 Å². The lowest BCUT2D eigenvalue weighted by Crippen LogP contribution is -1.84. The van der Waals surface area contributed by atoms with Gasteiger partial charge < -0.3 is 10.2 Å². The molecule has 0 spiro atoms. The van der Waals surface area contributed by atoms with Gasteiger partial charge in [0.05, 0.1) is 5.56 Å². The minimum absolute atomic E-state index is 0.0337. The van der Waals surface area contributed by atoms with Gasteiger partial charge in [-0.15, -0.1) is 0 Å². The number of nitrogens with two attached hydrogens (primary N) is 1. The fraction of sp³-hybridized carbons (Fsp3) is 0. The van der Waals surface area contributed by atoms with Crippen molar-refractivity contribution in [2.75, 3.05) is 5.73 Å². The van der Waals surface area contributed by atoms with Crippen molar-refractivity contribution in [1.29, 1.82) is 5.26 Å². The van der Waals surface area contributed by atoms with Crippen LogP contribution >= 0.6 is 0 Å². The molecule has 0 aliphatic carbocycles. The highest BCUT2D eigenvalue weighted by atomic mass is 16.4. The first-order chi connectivity index (χ1) is 6.81. The first-order valence-corrected chi connectivity index (χ1v) is 3.88. The Morgan fingerprint density at radius 2 is 2.36 bits per heavy atom. The van der Waals surface area contributed by atoms with Gasteiger partial charge >= 0.3 is 0 Å². The lowest BCUT2D eigenvalue weighted by Gasteiger charge is -1.90. The summed E-state index contributed by atoms with van der Waals surface area (Å²) in [6.07, 6.45) is 3.23. The highest BCUT2D eigenvalue weighted by Crippen LogP contribution is 2.21. The summed E-state index contributed by atoms with van der Waals surface area (Å²) in [5.74, 6) is 0.346. The fourth-order valence-electron chi connectivity index (χ4n) is 1.02. The number of pyridine rings is 1. The molecule has 0 saturated carbocycles. The SMILES string of the molecule is N#Cc1nc(-c2cccnc2)oc1N. The van der Waals surface area contributed by atoms with Crippen molar-refractivity contribution in [3.63, 3.8) is 0 Å². The Balaban J connectivity index is 2.50. The number of hydrogen-bond donors (Lipinski definition) is 1. The minimum atomic E-state index is 0.0337. The molecule has 0 aromatic carbocycles. The topological polar surface area (TPSA) is 88.7 Å². The van der Waals surface area contributed by atoms with Gasteiger partial charge in [-0.25, -0.2) is 0 Å². The van der Waals surface area contributed by atoms with Crippen molar-refractivity contribution >= 4 is 5.88 Å². The molecule has 0 atom stereocenters. The molecule has 0 aliphatic heterocycles. The summed E-state index contributed by atoms with van der Waals surface area (Å²) < 4.78 is 5.10. The van der Waals surface area contributed by atoms with Crippen LogP contribution in [0.4, 0.5) is 5.88 Å². The van der Waals surface area contributed by atoms with E-state index in [2.05, 4.69) is 9.97 Å². The predicted molar refractivity (Wildman–Crippen MR) is 48.9 cm³/mol. The number of hydrogen-bond acceptors (Lipinski definition) is 5. The van der Waals surface area contributed by atoms with E-state index in [4.69, 9.17) is 15.4 Å². The molecule has 0 fully saturated rings. The number of nitrogens with zero attached hydrogens (tertiary/aromatic N) is 3. The van der Waals surface area contributed by atoms with Crippen molar-refractivity contribution in [3.05, 3.63) is 30.2 Å². The Labute approximate surface area is 79.8 Å². The number of nitriles is 1. The number of nitrogen functional groups attached to an aromatic ring is 1. The molecule has 0 unspecified atom stereocenters. The summed E-state index contributed by atoms with van der Waals surface area (Å²) in [5.41, 5.74) is 6.21. The van der Waals surface area contributed by atoms with Gasteiger partial charge in [0, 0.05) is 12.4 Å². The van der Waals surface area contributed by atoms with Crippen LogP contribution in [0.1, 0.15) is 5.69 Å². The Morgan fingerprint density at radius 3 is 2.93 bits per heavy atom. The van der Waals surface area contributed by atoms with Crippen LogP contribution in [0.25, 0.3) is 11.5 Å². The van der Waals surface area contributed by atoms with Crippen molar-refractivity contribution in [2.24, 2.45) is 0 Å². The van der Waals surface area contributed by atoms with E-state index in [9.17, 15) is 0 Å². The van der Waals surface area contributed by atoms with Gasteiger partial charge in [-0.05, 0) is 12.1 Å². The van der Waals surface area contributed by atoms with Gasteiger partial charge in [0.1, 0.15) is 6.07 Å². The third-order valence-electron chi connectivity index (χ3n) is 1.67. The summed E-state index contributed by atoms with van der Waals surface area (Å²) in [4.78, 5) is 7.81. The first-order valence-electron chi connectivity index (χ1n) is 3.88. The van der Waals surface area contributed by atoms with Crippen molar-refractivity contribution in [2.45, 2.75) is 0 Å². The molecule has 14 heavy (non-hydrogen) atoms. The third kappa shape index (κ3) is 1.29. The molecule has 0 aliphatic rings. The van der Waals surface area contributed by atoms with Crippen molar-refractivity contribution < 1.29 is 4.42 Å². The molecule has 0 saturated heterocycles. The van der Waals surface area contributed by atoms with E-state index in [1.54, 1.807) is 24.5 Å². The van der Waals surface area contributed by atoms with Crippen LogP contribution in [0, 0.1) is 11.3 Å². The van der Waals surface area contributed by atoms with Gasteiger partial charge in [0.25, 0.3) is 0 Å². The number of oxazole rings is 1. The third-order valence-corrected chi connectivity index (χ3v) is 1.67. The normalized spacial score (nSPS) is 9.64. The van der Waals surface area contributed by atoms with E-state index in [0.29, 0.717) is 11.5 Å². The molecule has 5 nitrogen and oxygen atoms in total. The van der Waals surface area contributed by atoms with E-state index in [1.165, 1.54) is 0 Å². The average molecular weight is 186 g/mol. The van der Waals surface area contributed by atoms with Gasteiger partial charge in [-0.2, -0.15) is 10.2 Å². The maximum absolute atomic E-state index is 8.61. The van der Waals surface area contributed by atoms with Crippen LogP contribution in [-0.2, 0) is 0 Å². The van der Waals surface area contributed by atoms with E-state index < -0.39 is 0 Å². The molecule has 0 amide bonds. The molecule has 2 aromatic rings. The highest BCUT2D eigenvalue weighted by Gasteiger charge is 2.10. The van der Waals surface area contributed by atoms with Gasteiger partial charge in [0.2, 0.25) is 17.5 Å². The molecule has 0 bridgehead atoms. The second-order valence-corrected chi connectivity index (χ2v) is 2.59. The molecule has 0 radical (unpaired) electrons. The summed E-state index contributed by atoms with van der Waals surface area (Å²) in [7, 11) is 0. The summed E-state index contributed by atoms with van der Waals surface area (Å²) >= 11 is 0. The molecule has 68 valence electrons. The number of aromatic nitrogens is 2. The summed E-state index contributed by atoms with van der Waals surface area (Å²) in [6, 6.07) is 5.36. The molecular formula is C9H6N4O.